The van der Waals surface area contributed by atoms with Crippen molar-refractivity contribution in [1.82, 2.24) is 0 Å². The average Bonchev–Trinajstić information content (AvgIpc) is 2.63. The Morgan fingerprint density at radius 3 is 2.64 bits per heavy atom. The number of rotatable bonds is 3. The van der Waals surface area contributed by atoms with E-state index in [-0.39, 0.29) is 5.97 Å². The van der Waals surface area contributed by atoms with Crippen LogP contribution in [0.25, 0.3) is 0 Å². The predicted molar refractivity (Wildman–Crippen MR) is 52.9 cm³/mol. The Balaban J connectivity index is 1.86. The number of carbonyl (C=O) groups is 1. The van der Waals surface area contributed by atoms with Gasteiger partial charge in [-0.1, -0.05) is 35.5 Å². The summed E-state index contributed by atoms with van der Waals surface area (Å²) in [5, 5.41) is 3.70. The van der Waals surface area contributed by atoms with Gasteiger partial charge in [0.25, 0.3) is 0 Å². The summed E-state index contributed by atoms with van der Waals surface area (Å²) in [7, 11) is 0. The van der Waals surface area contributed by atoms with Crippen molar-refractivity contribution < 1.29 is 9.63 Å². The molecular weight excluding hydrogens is 178 g/mol. The summed E-state index contributed by atoms with van der Waals surface area (Å²) in [6.45, 7) is 0. The number of carbonyl (C=O) groups excluding carboxylic acids is 1. The molecule has 14 heavy (non-hydrogen) atoms. The van der Waals surface area contributed by atoms with Crippen molar-refractivity contribution in [3.05, 3.63) is 35.9 Å². The normalized spacial score (nSPS) is 15.1. The highest BCUT2D eigenvalue weighted by molar-refractivity contribution is 6.01. The van der Waals surface area contributed by atoms with E-state index in [9.17, 15) is 4.79 Å². The van der Waals surface area contributed by atoms with Gasteiger partial charge in [-0.05, 0) is 18.4 Å². The fourth-order valence-corrected chi connectivity index (χ4v) is 1.41. The zero-order valence-corrected chi connectivity index (χ0v) is 7.77. The molecule has 0 aliphatic carbocycles. The Labute approximate surface area is 82.4 Å². The maximum Gasteiger partial charge on any atom is 0.340 e. The van der Waals surface area contributed by atoms with Gasteiger partial charge >= 0.3 is 5.97 Å². The van der Waals surface area contributed by atoms with Crippen LogP contribution in [0.2, 0.25) is 0 Å². The van der Waals surface area contributed by atoms with E-state index in [2.05, 4.69) is 22.1 Å². The van der Waals surface area contributed by atoms with E-state index >= 15 is 0 Å². The monoisotopic (exact) mass is 189 g/mol. The molecule has 1 aliphatic heterocycles. The molecule has 2 rings (SSSR count). The Morgan fingerprint density at radius 1 is 1.21 bits per heavy atom. The van der Waals surface area contributed by atoms with Crippen LogP contribution in [0.15, 0.2) is 35.5 Å². The minimum atomic E-state index is -0.243. The smallest absolute Gasteiger partial charge is 0.318 e. The van der Waals surface area contributed by atoms with Crippen LogP contribution in [0, 0.1) is 0 Å². The molecule has 0 saturated carbocycles. The maximum absolute atomic E-state index is 10.7. The van der Waals surface area contributed by atoms with Crippen molar-refractivity contribution in [2.24, 2.45) is 5.16 Å². The van der Waals surface area contributed by atoms with Gasteiger partial charge in [-0.25, -0.2) is 4.79 Å². The third-order valence-electron chi connectivity index (χ3n) is 2.17. The summed E-state index contributed by atoms with van der Waals surface area (Å²) in [5.74, 6) is -0.243. The number of benzene rings is 1. The number of oxime groups is 1. The Hall–Kier alpha value is -1.64. The SMILES string of the molecule is O=C1CC(CCc2ccccc2)=NO1. The van der Waals surface area contributed by atoms with Crippen LogP contribution >= 0.6 is 0 Å². The van der Waals surface area contributed by atoms with E-state index in [4.69, 9.17) is 0 Å². The molecule has 1 aromatic carbocycles. The zero-order valence-electron chi connectivity index (χ0n) is 7.77. The van der Waals surface area contributed by atoms with E-state index in [1.807, 2.05) is 18.2 Å². The van der Waals surface area contributed by atoms with E-state index < -0.39 is 0 Å². The lowest BCUT2D eigenvalue weighted by molar-refractivity contribution is -0.140. The first-order valence-corrected chi connectivity index (χ1v) is 4.64. The van der Waals surface area contributed by atoms with Crippen LogP contribution < -0.4 is 0 Å². The molecule has 0 atom stereocenters. The van der Waals surface area contributed by atoms with Gasteiger partial charge in [0.05, 0.1) is 12.1 Å². The molecule has 0 aromatic heterocycles. The van der Waals surface area contributed by atoms with Crippen LogP contribution in [0.5, 0.6) is 0 Å². The summed E-state index contributed by atoms with van der Waals surface area (Å²) < 4.78 is 0. The molecule has 1 heterocycles. The lowest BCUT2D eigenvalue weighted by Crippen LogP contribution is -2.00. The number of aryl methyl sites for hydroxylation is 1. The van der Waals surface area contributed by atoms with Gasteiger partial charge in [0, 0.05) is 0 Å². The van der Waals surface area contributed by atoms with Crippen molar-refractivity contribution in [1.29, 1.82) is 0 Å². The maximum atomic E-state index is 10.7. The zero-order chi connectivity index (χ0) is 9.80. The molecule has 0 fully saturated rings. The topological polar surface area (TPSA) is 38.7 Å². The lowest BCUT2D eigenvalue weighted by atomic mass is 10.1. The van der Waals surface area contributed by atoms with E-state index in [1.165, 1.54) is 5.56 Å². The fraction of sp³-hybridized carbons (Fsp3) is 0.273. The van der Waals surface area contributed by atoms with Crippen molar-refractivity contribution in [3.63, 3.8) is 0 Å². The fourth-order valence-electron chi connectivity index (χ4n) is 1.41. The summed E-state index contributed by atoms with van der Waals surface area (Å²) in [6.07, 6.45) is 2.07. The van der Waals surface area contributed by atoms with Gasteiger partial charge in [-0.3, -0.25) is 0 Å². The first-order valence-electron chi connectivity index (χ1n) is 4.64. The van der Waals surface area contributed by atoms with Crippen LogP contribution in [-0.2, 0) is 16.1 Å². The molecule has 0 spiro atoms. The summed E-state index contributed by atoms with van der Waals surface area (Å²) in [4.78, 5) is 15.2. The highest BCUT2D eigenvalue weighted by Gasteiger charge is 2.16. The molecule has 0 radical (unpaired) electrons. The molecule has 72 valence electrons. The highest BCUT2D eigenvalue weighted by Crippen LogP contribution is 2.09. The molecule has 0 amide bonds. The second-order valence-corrected chi connectivity index (χ2v) is 3.28. The molecule has 0 N–H and O–H groups in total. The highest BCUT2D eigenvalue weighted by atomic mass is 16.7. The average molecular weight is 189 g/mol. The van der Waals surface area contributed by atoms with Crippen LogP contribution in [0.3, 0.4) is 0 Å². The minimum Gasteiger partial charge on any atom is -0.318 e. The minimum absolute atomic E-state index is 0.243. The molecule has 1 aromatic rings. The van der Waals surface area contributed by atoms with Gasteiger partial charge < -0.3 is 4.84 Å². The van der Waals surface area contributed by atoms with Gasteiger partial charge in [-0.15, -0.1) is 0 Å². The second kappa shape index (κ2) is 4.05. The lowest BCUT2D eigenvalue weighted by Gasteiger charge is -1.98. The van der Waals surface area contributed by atoms with Crippen LogP contribution in [0.4, 0.5) is 0 Å². The van der Waals surface area contributed by atoms with Gasteiger partial charge in [-0.2, -0.15) is 0 Å². The van der Waals surface area contributed by atoms with Crippen molar-refractivity contribution in [2.45, 2.75) is 19.3 Å². The van der Waals surface area contributed by atoms with Crippen molar-refractivity contribution in [3.8, 4) is 0 Å². The quantitative estimate of drug-likeness (QED) is 0.681. The third-order valence-corrected chi connectivity index (χ3v) is 2.17. The second-order valence-electron chi connectivity index (χ2n) is 3.28. The number of nitrogens with zero attached hydrogens (tertiary/aromatic N) is 1. The molecule has 1 aliphatic rings. The van der Waals surface area contributed by atoms with Gasteiger partial charge in [0.15, 0.2) is 0 Å². The van der Waals surface area contributed by atoms with E-state index in [0.29, 0.717) is 6.42 Å². The molecule has 0 saturated heterocycles. The molecule has 3 nitrogen and oxygen atoms in total. The van der Waals surface area contributed by atoms with Crippen molar-refractivity contribution >= 4 is 11.7 Å². The Kier molecular flexibility index (Phi) is 2.58. The number of hydrogen-bond donors (Lipinski definition) is 0. The summed E-state index contributed by atoms with van der Waals surface area (Å²) in [5.41, 5.74) is 2.11. The third kappa shape index (κ3) is 2.19. The molecule has 0 bridgehead atoms. The standard InChI is InChI=1S/C11H11NO2/c13-11-8-10(12-14-11)7-6-9-4-2-1-3-5-9/h1-5H,6-8H2. The van der Waals surface area contributed by atoms with Gasteiger partial charge in [0.2, 0.25) is 0 Å². The first-order chi connectivity index (χ1) is 6.84. The number of hydrogen-bond acceptors (Lipinski definition) is 3. The van der Waals surface area contributed by atoms with Crippen LogP contribution in [-0.4, -0.2) is 11.7 Å². The van der Waals surface area contributed by atoms with Crippen molar-refractivity contribution in [2.75, 3.05) is 0 Å². The van der Waals surface area contributed by atoms with E-state index in [1.54, 1.807) is 0 Å². The molecular formula is C11H11NO2. The molecule has 0 unspecified atom stereocenters. The van der Waals surface area contributed by atoms with Gasteiger partial charge in [0.1, 0.15) is 0 Å². The van der Waals surface area contributed by atoms with E-state index in [0.717, 1.165) is 18.6 Å². The largest absolute Gasteiger partial charge is 0.340 e. The summed E-state index contributed by atoms with van der Waals surface area (Å²) >= 11 is 0. The first kappa shape index (κ1) is 8.94. The van der Waals surface area contributed by atoms with Crippen LogP contribution in [0.1, 0.15) is 18.4 Å². The summed E-state index contributed by atoms with van der Waals surface area (Å²) in [6, 6.07) is 10.1. The Morgan fingerprint density at radius 2 is 2.00 bits per heavy atom. The Bertz CT molecular complexity index is 357. The predicted octanol–water partition coefficient (Wildman–Crippen LogP) is 1.92. The molecule has 3 heteroatoms.